The van der Waals surface area contributed by atoms with Crippen molar-refractivity contribution in [2.24, 2.45) is 11.8 Å². The molecule has 2 unspecified atom stereocenters. The second kappa shape index (κ2) is 11.2. The molecule has 1 heterocycles. The monoisotopic (exact) mass is 513 g/mol. The Morgan fingerprint density at radius 1 is 1.17 bits per heavy atom. The molecule has 2 atom stereocenters. The van der Waals surface area contributed by atoms with Gasteiger partial charge in [0.2, 0.25) is 5.91 Å². The summed E-state index contributed by atoms with van der Waals surface area (Å²) in [4.78, 5) is 14.6. The zero-order chi connectivity index (χ0) is 25.2. The summed E-state index contributed by atoms with van der Waals surface area (Å²) in [6.45, 7) is 1.18. The van der Waals surface area contributed by atoms with Gasteiger partial charge < -0.3 is 9.64 Å². The molecule has 1 aliphatic heterocycles. The Hall–Kier alpha value is -1.62. The minimum Gasteiger partial charge on any atom is -0.378 e. The Morgan fingerprint density at radius 2 is 1.89 bits per heavy atom. The summed E-state index contributed by atoms with van der Waals surface area (Å²) in [6.07, 6.45) is 3.73. The molecule has 0 spiro atoms. The summed E-state index contributed by atoms with van der Waals surface area (Å²) in [5.41, 5.74) is 1.02. The maximum Gasteiger partial charge on any atom is 0.279 e. The second-order valence-corrected chi connectivity index (χ2v) is 12.4. The zero-order valence-electron chi connectivity index (χ0n) is 20.5. The molecule has 10 heteroatoms. The van der Waals surface area contributed by atoms with Crippen molar-refractivity contribution in [1.29, 1.82) is 0 Å². The third kappa shape index (κ3) is 6.58. The molecule has 1 N–H and O–H groups in total. The number of nitrogens with zero attached hydrogens (tertiary/aromatic N) is 2. The fourth-order valence-electron chi connectivity index (χ4n) is 5.44. The van der Waals surface area contributed by atoms with Gasteiger partial charge in [0, 0.05) is 45.1 Å². The van der Waals surface area contributed by atoms with Crippen molar-refractivity contribution in [3.8, 4) is 0 Å². The van der Waals surface area contributed by atoms with Gasteiger partial charge in [-0.15, -0.1) is 0 Å². The van der Waals surface area contributed by atoms with Crippen LogP contribution in [0.2, 0.25) is 0 Å². The van der Waals surface area contributed by atoms with Crippen LogP contribution < -0.4 is 4.72 Å². The molecule has 196 valence electrons. The molecule has 0 radical (unpaired) electrons. The van der Waals surface area contributed by atoms with E-state index in [1.807, 2.05) is 6.07 Å². The number of hydrogen-bond acceptors (Lipinski definition) is 4. The molecule has 3 aliphatic rings. The Kier molecular flexibility index (Phi) is 8.45. The van der Waals surface area contributed by atoms with Gasteiger partial charge in [-0.25, -0.2) is 8.78 Å². The summed E-state index contributed by atoms with van der Waals surface area (Å²) in [7, 11) is -0.667. The maximum absolute atomic E-state index is 13.6. The van der Waals surface area contributed by atoms with Crippen LogP contribution in [-0.4, -0.2) is 75.6 Å². The first-order valence-corrected chi connectivity index (χ1v) is 14.1. The predicted octanol–water partition coefficient (Wildman–Crippen LogP) is 3.23. The van der Waals surface area contributed by atoms with E-state index in [1.165, 1.54) is 20.2 Å². The highest BCUT2D eigenvalue weighted by Crippen LogP contribution is 2.35. The molecular weight excluding hydrogens is 476 g/mol. The number of amides is 1. The fourth-order valence-corrected chi connectivity index (χ4v) is 6.35. The van der Waals surface area contributed by atoms with E-state index in [-0.39, 0.29) is 48.5 Å². The minimum atomic E-state index is -3.63. The van der Waals surface area contributed by atoms with Gasteiger partial charge in [0.05, 0.1) is 12.7 Å². The van der Waals surface area contributed by atoms with Crippen molar-refractivity contribution in [1.82, 2.24) is 13.9 Å². The summed E-state index contributed by atoms with van der Waals surface area (Å²) >= 11 is 0. The van der Waals surface area contributed by atoms with E-state index in [1.54, 1.807) is 17.0 Å². The lowest BCUT2D eigenvalue weighted by Crippen LogP contribution is -2.57. The van der Waals surface area contributed by atoms with Crippen LogP contribution in [-0.2, 0) is 19.7 Å². The van der Waals surface area contributed by atoms with Crippen molar-refractivity contribution in [3.05, 3.63) is 35.6 Å². The van der Waals surface area contributed by atoms with Gasteiger partial charge in [0.1, 0.15) is 12.0 Å². The smallest absolute Gasteiger partial charge is 0.279 e. The molecule has 2 saturated carbocycles. The highest BCUT2D eigenvalue weighted by atomic mass is 32.2. The Labute approximate surface area is 207 Å². The zero-order valence-corrected chi connectivity index (χ0v) is 21.4. The van der Waals surface area contributed by atoms with Crippen LogP contribution in [0.15, 0.2) is 24.3 Å². The molecule has 4 rings (SSSR count). The molecule has 1 aromatic carbocycles. The lowest BCUT2D eigenvalue weighted by Gasteiger charge is -2.42. The van der Waals surface area contributed by atoms with Crippen LogP contribution in [0, 0.1) is 17.7 Å². The van der Waals surface area contributed by atoms with Gasteiger partial charge in [-0.2, -0.15) is 17.4 Å². The van der Waals surface area contributed by atoms with Gasteiger partial charge in [-0.05, 0) is 68.6 Å². The molecule has 7 nitrogen and oxygen atoms in total. The molecule has 3 fully saturated rings. The molecular formula is C25H37F2N3O4S. The Balaban J connectivity index is 1.34. The number of nitrogens with one attached hydrogen (secondary N) is 1. The SMILES string of the molecule is CN(C)S(=O)(=O)NC1CCN(C(=O)C2CC(F)C2)CC1COC1CCC(c2cccc(F)c2)CC1. The van der Waals surface area contributed by atoms with Crippen LogP contribution in [0.5, 0.6) is 0 Å². The molecule has 2 aliphatic carbocycles. The number of carbonyl (C=O) groups is 1. The van der Waals surface area contributed by atoms with Crippen molar-refractivity contribution in [2.75, 3.05) is 33.8 Å². The first kappa shape index (κ1) is 26.4. The molecule has 0 aromatic heterocycles. The van der Waals surface area contributed by atoms with E-state index < -0.39 is 16.4 Å². The highest BCUT2D eigenvalue weighted by molar-refractivity contribution is 7.87. The Bertz CT molecular complexity index is 979. The van der Waals surface area contributed by atoms with Crippen LogP contribution in [0.25, 0.3) is 0 Å². The minimum absolute atomic E-state index is 0.0339. The molecule has 0 bridgehead atoms. The van der Waals surface area contributed by atoms with E-state index in [0.717, 1.165) is 35.6 Å². The average Bonchev–Trinajstić information content (AvgIpc) is 2.81. The highest BCUT2D eigenvalue weighted by Gasteiger charge is 2.41. The number of likely N-dealkylation sites (tertiary alicyclic amines) is 1. The fraction of sp³-hybridized carbons (Fsp3) is 0.720. The average molecular weight is 514 g/mol. The predicted molar refractivity (Wildman–Crippen MR) is 129 cm³/mol. The molecule has 1 amide bonds. The van der Waals surface area contributed by atoms with Crippen LogP contribution in [0.4, 0.5) is 8.78 Å². The van der Waals surface area contributed by atoms with E-state index in [4.69, 9.17) is 4.74 Å². The van der Waals surface area contributed by atoms with E-state index >= 15 is 0 Å². The van der Waals surface area contributed by atoms with Gasteiger partial charge in [0.25, 0.3) is 10.2 Å². The van der Waals surface area contributed by atoms with Crippen LogP contribution in [0.1, 0.15) is 56.4 Å². The number of benzene rings is 1. The number of rotatable bonds is 8. The third-order valence-corrected chi connectivity index (χ3v) is 9.36. The maximum atomic E-state index is 13.6. The quantitative estimate of drug-likeness (QED) is 0.579. The lowest BCUT2D eigenvalue weighted by molar-refractivity contribution is -0.143. The third-order valence-electron chi connectivity index (χ3n) is 7.80. The van der Waals surface area contributed by atoms with Gasteiger partial charge in [0.15, 0.2) is 0 Å². The summed E-state index contributed by atoms with van der Waals surface area (Å²) < 4.78 is 62.0. The number of carbonyl (C=O) groups excluding carboxylic acids is 1. The van der Waals surface area contributed by atoms with E-state index in [0.29, 0.717) is 32.0 Å². The first-order valence-electron chi connectivity index (χ1n) is 12.6. The van der Waals surface area contributed by atoms with Crippen molar-refractivity contribution < 1.29 is 26.7 Å². The molecule has 35 heavy (non-hydrogen) atoms. The van der Waals surface area contributed by atoms with Crippen molar-refractivity contribution in [3.63, 3.8) is 0 Å². The normalized spacial score (nSPS) is 31.9. The first-order chi connectivity index (χ1) is 16.6. The van der Waals surface area contributed by atoms with Crippen molar-refractivity contribution >= 4 is 16.1 Å². The topological polar surface area (TPSA) is 79.0 Å². The second-order valence-electron chi connectivity index (χ2n) is 10.5. The van der Waals surface area contributed by atoms with E-state index in [2.05, 4.69) is 4.72 Å². The Morgan fingerprint density at radius 3 is 2.51 bits per heavy atom. The van der Waals surface area contributed by atoms with Gasteiger partial charge in [-0.1, -0.05) is 12.1 Å². The number of halogens is 2. The van der Waals surface area contributed by atoms with E-state index in [9.17, 15) is 22.0 Å². The van der Waals surface area contributed by atoms with Gasteiger partial charge in [-0.3, -0.25) is 4.79 Å². The summed E-state index contributed by atoms with van der Waals surface area (Å²) in [6, 6.07) is 6.43. The molecule has 1 saturated heterocycles. The molecule has 1 aromatic rings. The van der Waals surface area contributed by atoms with Gasteiger partial charge >= 0.3 is 0 Å². The standard InChI is InChI=1S/C25H37F2N3O4S/c1-29(2)35(32,33)28-24-10-11-30(25(31)19-13-22(27)14-19)15-20(24)16-34-23-8-6-17(7-9-23)18-4-3-5-21(26)12-18/h3-5,12,17,19-20,22-24,28H,6-11,13-16H2,1-2H3. The van der Waals surface area contributed by atoms with Crippen LogP contribution in [0.3, 0.4) is 0 Å². The summed E-state index contributed by atoms with van der Waals surface area (Å²) in [5.74, 6) is -0.389. The summed E-state index contributed by atoms with van der Waals surface area (Å²) in [5, 5.41) is 0. The number of piperidine rings is 1. The van der Waals surface area contributed by atoms with Crippen LogP contribution >= 0.6 is 0 Å². The lowest BCUT2D eigenvalue weighted by atomic mass is 9.81. The number of alkyl halides is 1. The van der Waals surface area contributed by atoms with Crippen molar-refractivity contribution in [2.45, 2.75) is 69.2 Å². The number of hydrogen-bond donors (Lipinski definition) is 1. The number of ether oxygens (including phenoxy) is 1. The largest absolute Gasteiger partial charge is 0.378 e.